The van der Waals surface area contributed by atoms with Crippen molar-refractivity contribution in [3.63, 3.8) is 0 Å². The standard InChI is InChI=1S/C14H15N5O2/c20-8-5-11(15-7-8)14-18-13(19-21-14)6-12-16-9-3-1-2-4-10(9)17-12/h1-4,8,11,15,20H,5-7H2,(H,16,17). The average molecular weight is 285 g/mol. The molecule has 2 aromatic heterocycles. The maximum Gasteiger partial charge on any atom is 0.243 e. The first-order chi connectivity index (χ1) is 10.3. The molecule has 4 rings (SSSR count). The van der Waals surface area contributed by atoms with Gasteiger partial charge in [0.1, 0.15) is 5.82 Å². The minimum Gasteiger partial charge on any atom is -0.392 e. The molecular formula is C14H15N5O2. The molecule has 3 N–H and O–H groups in total. The van der Waals surface area contributed by atoms with Crippen molar-refractivity contribution in [1.82, 2.24) is 25.4 Å². The number of aromatic nitrogens is 4. The molecule has 1 fully saturated rings. The molecule has 2 atom stereocenters. The second-order valence-electron chi connectivity index (χ2n) is 5.28. The van der Waals surface area contributed by atoms with Crippen LogP contribution in [0.4, 0.5) is 0 Å². The molecule has 3 aromatic rings. The van der Waals surface area contributed by atoms with Crippen LogP contribution < -0.4 is 5.32 Å². The maximum atomic E-state index is 9.52. The summed E-state index contributed by atoms with van der Waals surface area (Å²) in [5.74, 6) is 1.92. The van der Waals surface area contributed by atoms with Gasteiger partial charge >= 0.3 is 0 Å². The van der Waals surface area contributed by atoms with Gasteiger partial charge in [0.15, 0.2) is 5.82 Å². The van der Waals surface area contributed by atoms with Gasteiger partial charge in [0.05, 0.1) is 29.6 Å². The molecule has 0 amide bonds. The quantitative estimate of drug-likeness (QED) is 0.662. The molecule has 108 valence electrons. The molecule has 0 spiro atoms. The molecule has 0 bridgehead atoms. The van der Waals surface area contributed by atoms with Gasteiger partial charge in [-0.05, 0) is 18.6 Å². The summed E-state index contributed by atoms with van der Waals surface area (Å²) in [5.41, 5.74) is 1.92. The van der Waals surface area contributed by atoms with Gasteiger partial charge in [0.25, 0.3) is 0 Å². The number of rotatable bonds is 3. The third kappa shape index (κ3) is 2.41. The highest BCUT2D eigenvalue weighted by atomic mass is 16.5. The van der Waals surface area contributed by atoms with E-state index in [1.807, 2.05) is 24.3 Å². The largest absolute Gasteiger partial charge is 0.392 e. The number of nitrogens with zero attached hydrogens (tertiary/aromatic N) is 3. The number of benzene rings is 1. The van der Waals surface area contributed by atoms with E-state index in [9.17, 15) is 5.11 Å². The highest BCUT2D eigenvalue weighted by Crippen LogP contribution is 2.22. The molecule has 1 aliphatic rings. The Morgan fingerprint density at radius 3 is 3.00 bits per heavy atom. The van der Waals surface area contributed by atoms with E-state index in [0.717, 1.165) is 16.9 Å². The van der Waals surface area contributed by atoms with Gasteiger partial charge in [0.2, 0.25) is 5.89 Å². The van der Waals surface area contributed by atoms with Crippen LogP contribution in [0.2, 0.25) is 0 Å². The van der Waals surface area contributed by atoms with Crippen LogP contribution in [0.3, 0.4) is 0 Å². The van der Waals surface area contributed by atoms with Gasteiger partial charge in [-0.1, -0.05) is 17.3 Å². The zero-order chi connectivity index (χ0) is 14.2. The number of aromatic amines is 1. The number of para-hydroxylation sites is 2. The number of H-pyrrole nitrogens is 1. The average Bonchev–Trinajstić information content (AvgIpc) is 3.17. The number of hydrogen-bond donors (Lipinski definition) is 3. The van der Waals surface area contributed by atoms with Crippen LogP contribution in [0, 0.1) is 0 Å². The van der Waals surface area contributed by atoms with Crippen molar-refractivity contribution in [2.24, 2.45) is 0 Å². The second-order valence-corrected chi connectivity index (χ2v) is 5.28. The van der Waals surface area contributed by atoms with Crippen LogP contribution in [0.15, 0.2) is 28.8 Å². The molecule has 2 unspecified atom stereocenters. The Morgan fingerprint density at radius 1 is 1.29 bits per heavy atom. The van der Waals surface area contributed by atoms with E-state index in [0.29, 0.717) is 31.1 Å². The summed E-state index contributed by atoms with van der Waals surface area (Å²) < 4.78 is 5.27. The van der Waals surface area contributed by atoms with Crippen LogP contribution in [0.25, 0.3) is 11.0 Å². The first kappa shape index (κ1) is 12.5. The van der Waals surface area contributed by atoms with Gasteiger partial charge in [-0.2, -0.15) is 4.98 Å². The molecule has 7 heteroatoms. The number of β-amino-alcohol motifs (C(OH)–C–C–N with tert-alkyl or cyclic N) is 1. The lowest BCUT2D eigenvalue weighted by Gasteiger charge is -2.01. The van der Waals surface area contributed by atoms with E-state index in [1.54, 1.807) is 0 Å². The number of aliphatic hydroxyl groups excluding tert-OH is 1. The van der Waals surface area contributed by atoms with Gasteiger partial charge in [-0.3, -0.25) is 0 Å². The van der Waals surface area contributed by atoms with Crippen LogP contribution in [-0.4, -0.2) is 37.9 Å². The maximum absolute atomic E-state index is 9.52. The fourth-order valence-electron chi connectivity index (χ4n) is 2.63. The van der Waals surface area contributed by atoms with Crippen molar-refractivity contribution in [3.05, 3.63) is 41.8 Å². The van der Waals surface area contributed by atoms with Crippen molar-refractivity contribution in [1.29, 1.82) is 0 Å². The fourth-order valence-corrected chi connectivity index (χ4v) is 2.63. The Bertz CT molecular complexity index is 732. The molecule has 1 aliphatic heterocycles. The van der Waals surface area contributed by atoms with Crippen LogP contribution in [-0.2, 0) is 6.42 Å². The zero-order valence-corrected chi connectivity index (χ0v) is 11.3. The Kier molecular flexibility index (Phi) is 2.94. The lowest BCUT2D eigenvalue weighted by atomic mass is 10.2. The van der Waals surface area contributed by atoms with E-state index >= 15 is 0 Å². The lowest BCUT2D eigenvalue weighted by Crippen LogP contribution is -2.15. The molecule has 7 nitrogen and oxygen atoms in total. The topological polar surface area (TPSA) is 99.9 Å². The van der Waals surface area contributed by atoms with Crippen LogP contribution >= 0.6 is 0 Å². The first-order valence-corrected chi connectivity index (χ1v) is 6.95. The summed E-state index contributed by atoms with van der Waals surface area (Å²) >= 11 is 0. The summed E-state index contributed by atoms with van der Waals surface area (Å²) in [5, 5.41) is 16.7. The number of nitrogens with one attached hydrogen (secondary N) is 2. The number of fused-ring (bicyclic) bond motifs is 1. The number of aliphatic hydroxyl groups is 1. The second kappa shape index (κ2) is 4.94. The SMILES string of the molecule is OC1CNC(c2nc(Cc3nc4ccccc4[nH]3)no2)C1. The van der Waals surface area contributed by atoms with Crippen molar-refractivity contribution in [2.45, 2.75) is 25.0 Å². The Balaban J connectivity index is 1.53. The zero-order valence-electron chi connectivity index (χ0n) is 11.3. The molecule has 1 aromatic carbocycles. The van der Waals surface area contributed by atoms with Gasteiger partial charge in [0, 0.05) is 6.54 Å². The third-order valence-electron chi connectivity index (χ3n) is 3.65. The van der Waals surface area contributed by atoms with Gasteiger partial charge in [-0.25, -0.2) is 4.98 Å². The summed E-state index contributed by atoms with van der Waals surface area (Å²) in [4.78, 5) is 12.1. The number of hydrogen-bond acceptors (Lipinski definition) is 6. The number of imidazole rings is 1. The van der Waals surface area contributed by atoms with Crippen molar-refractivity contribution in [2.75, 3.05) is 6.54 Å². The molecule has 0 radical (unpaired) electrons. The highest BCUT2D eigenvalue weighted by molar-refractivity contribution is 5.74. The van der Waals surface area contributed by atoms with Crippen molar-refractivity contribution in [3.8, 4) is 0 Å². The van der Waals surface area contributed by atoms with Crippen molar-refractivity contribution < 1.29 is 9.63 Å². The predicted octanol–water partition coefficient (Wildman–Crippen LogP) is 0.932. The molecule has 0 aliphatic carbocycles. The van der Waals surface area contributed by atoms with E-state index in [4.69, 9.17) is 4.52 Å². The Morgan fingerprint density at radius 2 is 2.19 bits per heavy atom. The van der Waals surface area contributed by atoms with E-state index in [2.05, 4.69) is 25.4 Å². The monoisotopic (exact) mass is 285 g/mol. The van der Waals surface area contributed by atoms with E-state index in [-0.39, 0.29) is 12.1 Å². The van der Waals surface area contributed by atoms with Gasteiger partial charge in [-0.15, -0.1) is 0 Å². The Hall–Kier alpha value is -2.25. The smallest absolute Gasteiger partial charge is 0.243 e. The normalized spacial score (nSPS) is 22.1. The van der Waals surface area contributed by atoms with Crippen molar-refractivity contribution >= 4 is 11.0 Å². The predicted molar refractivity (Wildman–Crippen MR) is 74.6 cm³/mol. The molecule has 1 saturated heterocycles. The van der Waals surface area contributed by atoms with E-state index < -0.39 is 0 Å². The van der Waals surface area contributed by atoms with Crippen LogP contribution in [0.5, 0.6) is 0 Å². The Labute approximate surface area is 120 Å². The third-order valence-corrected chi connectivity index (χ3v) is 3.65. The molecule has 3 heterocycles. The summed E-state index contributed by atoms with van der Waals surface area (Å²) in [6.45, 7) is 0.561. The van der Waals surface area contributed by atoms with Crippen LogP contribution in [0.1, 0.15) is 30.0 Å². The summed E-state index contributed by atoms with van der Waals surface area (Å²) in [6, 6.07) is 7.81. The molecule has 21 heavy (non-hydrogen) atoms. The first-order valence-electron chi connectivity index (χ1n) is 6.95. The molecular weight excluding hydrogens is 270 g/mol. The summed E-state index contributed by atoms with van der Waals surface area (Å²) in [7, 11) is 0. The minimum absolute atomic E-state index is 0.0584. The van der Waals surface area contributed by atoms with Gasteiger partial charge < -0.3 is 19.9 Å². The highest BCUT2D eigenvalue weighted by Gasteiger charge is 2.28. The fraction of sp³-hybridized carbons (Fsp3) is 0.357. The minimum atomic E-state index is -0.347. The summed E-state index contributed by atoms with van der Waals surface area (Å²) in [6.07, 6.45) is 0.750. The molecule has 0 saturated carbocycles. The lowest BCUT2D eigenvalue weighted by molar-refractivity contribution is 0.191. The van der Waals surface area contributed by atoms with E-state index in [1.165, 1.54) is 0 Å².